The van der Waals surface area contributed by atoms with Crippen LogP contribution in [0.1, 0.15) is 31.3 Å². The second-order valence-electron chi connectivity index (χ2n) is 7.31. The zero-order chi connectivity index (χ0) is 22.7. The lowest BCUT2D eigenvalue weighted by Gasteiger charge is -2.24. The maximum Gasteiger partial charge on any atom is 0.295 e. The Morgan fingerprint density at radius 1 is 1.12 bits per heavy atom. The van der Waals surface area contributed by atoms with Crippen molar-refractivity contribution in [3.05, 3.63) is 52.7 Å². The van der Waals surface area contributed by atoms with Gasteiger partial charge in [-0.2, -0.15) is 0 Å². The molecule has 2 aromatic carbocycles. The molecule has 0 saturated carbocycles. The maximum absolute atomic E-state index is 13.6. The quantitative estimate of drug-likeness (QED) is 0.266. The fraction of sp³-hybridized carbons (Fsp3) is 0.333. The summed E-state index contributed by atoms with van der Waals surface area (Å²) in [6.07, 6.45) is 0. The van der Waals surface area contributed by atoms with E-state index in [0.717, 1.165) is 39.7 Å². The normalized spacial score (nSPS) is 11.5. The summed E-state index contributed by atoms with van der Waals surface area (Å²) in [6, 6.07) is 13.4. The van der Waals surface area contributed by atoms with Crippen molar-refractivity contribution in [2.75, 3.05) is 37.7 Å². The van der Waals surface area contributed by atoms with Crippen molar-refractivity contribution in [2.45, 2.75) is 20.8 Å². The summed E-state index contributed by atoms with van der Waals surface area (Å²) in [5, 5.41) is 1.51. The SMILES string of the molecule is CCOc1cccc2cc(C(=O)N(CCN(CC)CC)c3nc4ccc(Br)cc4s3)oc12. The first kappa shape index (κ1) is 22.8. The Labute approximate surface area is 199 Å². The number of carbonyl (C=O) groups is 1. The number of likely N-dealkylation sites (N-methyl/N-ethyl adjacent to an activating group) is 1. The topological polar surface area (TPSA) is 58.8 Å². The van der Waals surface area contributed by atoms with E-state index in [1.807, 2.05) is 43.3 Å². The summed E-state index contributed by atoms with van der Waals surface area (Å²) >= 11 is 5.02. The molecule has 0 atom stereocenters. The smallest absolute Gasteiger partial charge is 0.295 e. The first-order valence-electron chi connectivity index (χ1n) is 10.8. The molecule has 2 aromatic heterocycles. The van der Waals surface area contributed by atoms with Crippen molar-refractivity contribution in [3.8, 4) is 5.75 Å². The molecule has 4 aromatic rings. The van der Waals surface area contributed by atoms with E-state index in [1.54, 1.807) is 11.0 Å². The maximum atomic E-state index is 13.6. The van der Waals surface area contributed by atoms with Gasteiger partial charge in [0.25, 0.3) is 5.91 Å². The summed E-state index contributed by atoms with van der Waals surface area (Å²) in [7, 11) is 0. The molecule has 8 heteroatoms. The summed E-state index contributed by atoms with van der Waals surface area (Å²) < 4.78 is 13.7. The van der Waals surface area contributed by atoms with Crippen LogP contribution in [0, 0.1) is 0 Å². The number of hydrogen-bond donors (Lipinski definition) is 0. The van der Waals surface area contributed by atoms with Crippen LogP contribution in [0.15, 0.2) is 51.4 Å². The van der Waals surface area contributed by atoms with Crippen LogP contribution in [0.25, 0.3) is 21.2 Å². The van der Waals surface area contributed by atoms with Gasteiger partial charge in [0.15, 0.2) is 22.2 Å². The fourth-order valence-corrected chi connectivity index (χ4v) is 5.15. The van der Waals surface area contributed by atoms with E-state index >= 15 is 0 Å². The van der Waals surface area contributed by atoms with Crippen LogP contribution in [-0.2, 0) is 0 Å². The predicted octanol–water partition coefficient (Wildman–Crippen LogP) is 6.19. The van der Waals surface area contributed by atoms with Gasteiger partial charge in [0.1, 0.15) is 0 Å². The van der Waals surface area contributed by atoms with E-state index in [2.05, 4.69) is 34.7 Å². The van der Waals surface area contributed by atoms with Crippen molar-refractivity contribution >= 4 is 59.5 Å². The minimum Gasteiger partial charge on any atom is -0.490 e. The lowest BCUT2D eigenvalue weighted by molar-refractivity contribution is 0.0959. The molecule has 0 spiro atoms. The summed E-state index contributed by atoms with van der Waals surface area (Å²) in [4.78, 5) is 22.4. The average Bonchev–Trinajstić information content (AvgIpc) is 3.41. The van der Waals surface area contributed by atoms with Gasteiger partial charge in [-0.05, 0) is 50.3 Å². The number of amides is 1. The molecule has 0 N–H and O–H groups in total. The third-order valence-electron chi connectivity index (χ3n) is 5.37. The average molecular weight is 516 g/mol. The van der Waals surface area contributed by atoms with Gasteiger partial charge in [-0.1, -0.05) is 53.2 Å². The molecule has 4 rings (SSSR count). The number of nitrogens with zero attached hydrogens (tertiary/aromatic N) is 3. The Hall–Kier alpha value is -2.42. The molecule has 0 radical (unpaired) electrons. The fourth-order valence-electron chi connectivity index (χ4n) is 3.61. The number of benzene rings is 2. The number of furan rings is 1. The molecule has 32 heavy (non-hydrogen) atoms. The van der Waals surface area contributed by atoms with E-state index in [4.69, 9.17) is 14.1 Å². The molecule has 2 heterocycles. The van der Waals surface area contributed by atoms with Crippen LogP contribution >= 0.6 is 27.3 Å². The second kappa shape index (κ2) is 10.0. The Morgan fingerprint density at radius 2 is 1.94 bits per heavy atom. The standard InChI is InChI=1S/C24H26BrN3O3S/c1-4-27(5-2)12-13-28(24-26-18-11-10-17(25)15-21(18)32-24)23(29)20-14-16-8-7-9-19(30-6-3)22(16)31-20/h7-11,14-15H,4-6,12-13H2,1-3H3. The Balaban J connectivity index is 1.72. The number of rotatable bonds is 9. The number of thiazole rings is 1. The highest BCUT2D eigenvalue weighted by atomic mass is 79.9. The first-order chi connectivity index (χ1) is 15.5. The van der Waals surface area contributed by atoms with Gasteiger partial charge in [0.05, 0.1) is 16.8 Å². The molecular weight excluding hydrogens is 490 g/mol. The molecule has 168 valence electrons. The molecule has 0 saturated heterocycles. The van der Waals surface area contributed by atoms with Crippen LogP contribution in [-0.4, -0.2) is 48.6 Å². The van der Waals surface area contributed by atoms with Gasteiger partial charge in [-0.25, -0.2) is 4.98 Å². The third kappa shape index (κ3) is 4.67. The minimum absolute atomic E-state index is 0.200. The van der Waals surface area contributed by atoms with Crippen molar-refractivity contribution < 1.29 is 13.9 Å². The monoisotopic (exact) mass is 515 g/mol. The molecule has 6 nitrogen and oxygen atoms in total. The zero-order valence-electron chi connectivity index (χ0n) is 18.4. The van der Waals surface area contributed by atoms with Crippen LogP contribution in [0.5, 0.6) is 5.75 Å². The van der Waals surface area contributed by atoms with Gasteiger partial charge in [0, 0.05) is 22.9 Å². The summed E-state index contributed by atoms with van der Waals surface area (Å²) in [5.41, 5.74) is 1.46. The number of fused-ring (bicyclic) bond motifs is 2. The minimum atomic E-state index is -0.200. The van der Waals surface area contributed by atoms with Gasteiger partial charge in [0.2, 0.25) is 0 Å². The molecular formula is C24H26BrN3O3S. The third-order valence-corrected chi connectivity index (χ3v) is 6.90. The highest BCUT2D eigenvalue weighted by Crippen LogP contribution is 2.33. The van der Waals surface area contributed by atoms with Crippen molar-refractivity contribution in [2.24, 2.45) is 0 Å². The summed E-state index contributed by atoms with van der Waals surface area (Å²) in [5.74, 6) is 0.727. The van der Waals surface area contributed by atoms with E-state index in [1.165, 1.54) is 11.3 Å². The lowest BCUT2D eigenvalue weighted by Crippen LogP contribution is -2.38. The Kier molecular flexibility index (Phi) is 7.13. The van der Waals surface area contributed by atoms with Gasteiger partial charge < -0.3 is 14.1 Å². The number of para-hydroxylation sites is 1. The van der Waals surface area contributed by atoms with Crippen LogP contribution < -0.4 is 9.64 Å². The lowest BCUT2D eigenvalue weighted by atomic mass is 10.2. The number of halogens is 1. The van der Waals surface area contributed by atoms with E-state index < -0.39 is 0 Å². The molecule has 1 amide bonds. The largest absolute Gasteiger partial charge is 0.490 e. The molecule has 0 aliphatic heterocycles. The highest BCUT2D eigenvalue weighted by molar-refractivity contribution is 9.10. The highest BCUT2D eigenvalue weighted by Gasteiger charge is 2.25. The van der Waals surface area contributed by atoms with Crippen LogP contribution in [0.2, 0.25) is 0 Å². The van der Waals surface area contributed by atoms with E-state index in [0.29, 0.717) is 29.6 Å². The van der Waals surface area contributed by atoms with Gasteiger partial charge in [-0.3, -0.25) is 9.69 Å². The second-order valence-corrected chi connectivity index (χ2v) is 9.24. The van der Waals surface area contributed by atoms with Crippen molar-refractivity contribution in [3.63, 3.8) is 0 Å². The first-order valence-corrected chi connectivity index (χ1v) is 12.4. The van der Waals surface area contributed by atoms with Crippen molar-refractivity contribution in [1.29, 1.82) is 0 Å². The molecule has 0 bridgehead atoms. The van der Waals surface area contributed by atoms with Crippen molar-refractivity contribution in [1.82, 2.24) is 9.88 Å². The molecule has 0 fully saturated rings. The Morgan fingerprint density at radius 3 is 2.69 bits per heavy atom. The number of aromatic nitrogens is 1. The Bertz CT molecular complexity index is 1230. The molecule has 0 unspecified atom stereocenters. The van der Waals surface area contributed by atoms with E-state index in [-0.39, 0.29) is 11.7 Å². The van der Waals surface area contributed by atoms with Gasteiger partial charge >= 0.3 is 0 Å². The number of hydrogen-bond acceptors (Lipinski definition) is 6. The predicted molar refractivity (Wildman–Crippen MR) is 134 cm³/mol. The van der Waals surface area contributed by atoms with Crippen LogP contribution in [0.4, 0.5) is 5.13 Å². The van der Waals surface area contributed by atoms with Crippen LogP contribution in [0.3, 0.4) is 0 Å². The summed E-state index contributed by atoms with van der Waals surface area (Å²) in [6.45, 7) is 9.83. The number of anilines is 1. The zero-order valence-corrected chi connectivity index (χ0v) is 20.8. The number of ether oxygens (including phenoxy) is 1. The molecule has 0 aliphatic rings. The number of carbonyl (C=O) groups excluding carboxylic acids is 1. The van der Waals surface area contributed by atoms with E-state index in [9.17, 15) is 4.79 Å². The molecule has 0 aliphatic carbocycles. The van der Waals surface area contributed by atoms with Gasteiger partial charge in [-0.15, -0.1) is 0 Å².